The SMILES string of the molecule is O=C(C#Cc1ccccc1)NCC1(CO)CCCCC1. The fourth-order valence-electron chi connectivity index (χ4n) is 2.65. The van der Waals surface area contributed by atoms with Gasteiger partial charge in [-0.05, 0) is 25.0 Å². The number of hydrogen-bond acceptors (Lipinski definition) is 2. The van der Waals surface area contributed by atoms with E-state index in [-0.39, 0.29) is 17.9 Å². The summed E-state index contributed by atoms with van der Waals surface area (Å²) in [6, 6.07) is 9.45. The first-order chi connectivity index (χ1) is 9.74. The van der Waals surface area contributed by atoms with Gasteiger partial charge in [0.1, 0.15) is 0 Å². The Balaban J connectivity index is 1.87. The maximum atomic E-state index is 11.8. The van der Waals surface area contributed by atoms with Crippen molar-refractivity contribution in [3.8, 4) is 11.8 Å². The maximum absolute atomic E-state index is 11.8. The largest absolute Gasteiger partial charge is 0.396 e. The van der Waals surface area contributed by atoms with Gasteiger partial charge in [-0.25, -0.2) is 0 Å². The third kappa shape index (κ3) is 4.11. The number of nitrogens with one attached hydrogen (secondary N) is 1. The summed E-state index contributed by atoms with van der Waals surface area (Å²) in [5.74, 6) is 5.17. The van der Waals surface area contributed by atoms with Crippen molar-refractivity contribution in [1.82, 2.24) is 5.32 Å². The molecular formula is C17H21NO2. The summed E-state index contributed by atoms with van der Waals surface area (Å²) in [4.78, 5) is 11.8. The van der Waals surface area contributed by atoms with Crippen LogP contribution in [0.3, 0.4) is 0 Å². The molecular weight excluding hydrogens is 250 g/mol. The molecule has 1 saturated carbocycles. The van der Waals surface area contributed by atoms with E-state index in [1.165, 1.54) is 6.42 Å². The van der Waals surface area contributed by atoms with Crippen molar-refractivity contribution in [3.05, 3.63) is 35.9 Å². The molecule has 0 aliphatic heterocycles. The monoisotopic (exact) mass is 271 g/mol. The molecule has 3 nitrogen and oxygen atoms in total. The number of aliphatic hydroxyl groups excluding tert-OH is 1. The Labute approximate surface area is 120 Å². The predicted molar refractivity (Wildman–Crippen MR) is 78.9 cm³/mol. The van der Waals surface area contributed by atoms with Crippen molar-refractivity contribution in [2.45, 2.75) is 32.1 Å². The third-order valence-electron chi connectivity index (χ3n) is 3.97. The molecule has 1 aromatic carbocycles. The second-order valence-electron chi connectivity index (χ2n) is 5.52. The van der Waals surface area contributed by atoms with Crippen LogP contribution in [-0.4, -0.2) is 24.2 Å². The number of aliphatic hydroxyl groups is 1. The van der Waals surface area contributed by atoms with E-state index >= 15 is 0 Å². The van der Waals surface area contributed by atoms with E-state index in [4.69, 9.17) is 0 Å². The predicted octanol–water partition coefficient (Wildman–Crippen LogP) is 2.10. The molecule has 1 aliphatic carbocycles. The molecule has 0 unspecified atom stereocenters. The Kier molecular flexibility index (Phi) is 5.20. The van der Waals surface area contributed by atoms with Crippen LogP contribution in [0.2, 0.25) is 0 Å². The number of hydrogen-bond donors (Lipinski definition) is 2. The minimum Gasteiger partial charge on any atom is -0.396 e. The zero-order chi connectivity index (χ0) is 14.3. The Morgan fingerprint density at radius 1 is 1.20 bits per heavy atom. The highest BCUT2D eigenvalue weighted by atomic mass is 16.3. The van der Waals surface area contributed by atoms with Gasteiger partial charge in [0.15, 0.2) is 0 Å². The van der Waals surface area contributed by atoms with Crippen molar-refractivity contribution < 1.29 is 9.90 Å². The summed E-state index contributed by atoms with van der Waals surface area (Å²) >= 11 is 0. The minimum absolute atomic E-state index is 0.137. The molecule has 0 saturated heterocycles. The normalized spacial score (nSPS) is 16.9. The summed E-state index contributed by atoms with van der Waals surface area (Å²) in [6.07, 6.45) is 5.45. The van der Waals surface area contributed by atoms with Crippen molar-refractivity contribution in [1.29, 1.82) is 0 Å². The quantitative estimate of drug-likeness (QED) is 0.827. The topological polar surface area (TPSA) is 49.3 Å². The maximum Gasteiger partial charge on any atom is 0.296 e. The minimum atomic E-state index is -0.271. The first-order valence-corrected chi connectivity index (χ1v) is 7.20. The molecule has 0 heterocycles. The second kappa shape index (κ2) is 7.12. The van der Waals surface area contributed by atoms with Gasteiger partial charge < -0.3 is 10.4 Å². The van der Waals surface area contributed by atoms with Crippen molar-refractivity contribution in [2.24, 2.45) is 5.41 Å². The first kappa shape index (κ1) is 14.6. The molecule has 0 spiro atoms. The Hall–Kier alpha value is -1.79. The molecule has 2 rings (SSSR count). The van der Waals surface area contributed by atoms with E-state index in [0.717, 1.165) is 31.2 Å². The molecule has 3 heteroatoms. The molecule has 0 aromatic heterocycles. The van der Waals surface area contributed by atoms with E-state index in [1.807, 2.05) is 30.3 Å². The van der Waals surface area contributed by atoms with Gasteiger partial charge >= 0.3 is 0 Å². The average molecular weight is 271 g/mol. The van der Waals surface area contributed by atoms with Crippen LogP contribution in [0.1, 0.15) is 37.7 Å². The molecule has 0 bridgehead atoms. The van der Waals surface area contributed by atoms with Crippen molar-refractivity contribution in [2.75, 3.05) is 13.2 Å². The first-order valence-electron chi connectivity index (χ1n) is 7.20. The van der Waals surface area contributed by atoms with E-state index in [1.54, 1.807) is 0 Å². The number of carbonyl (C=O) groups is 1. The zero-order valence-electron chi connectivity index (χ0n) is 11.7. The fourth-order valence-corrected chi connectivity index (χ4v) is 2.65. The molecule has 106 valence electrons. The van der Waals surface area contributed by atoms with Crippen LogP contribution in [-0.2, 0) is 4.79 Å². The molecule has 2 N–H and O–H groups in total. The van der Waals surface area contributed by atoms with Gasteiger partial charge in [-0.15, -0.1) is 0 Å². The zero-order valence-corrected chi connectivity index (χ0v) is 11.7. The highest BCUT2D eigenvalue weighted by molar-refractivity contribution is 5.94. The van der Waals surface area contributed by atoms with Crippen molar-refractivity contribution in [3.63, 3.8) is 0 Å². The van der Waals surface area contributed by atoms with E-state index < -0.39 is 0 Å². The smallest absolute Gasteiger partial charge is 0.296 e. The molecule has 1 aliphatic rings. The fraction of sp³-hybridized carbons (Fsp3) is 0.471. The van der Waals surface area contributed by atoms with Crippen LogP contribution in [0, 0.1) is 17.3 Å². The van der Waals surface area contributed by atoms with Gasteiger partial charge in [0.05, 0.1) is 6.61 Å². The Morgan fingerprint density at radius 2 is 1.90 bits per heavy atom. The van der Waals surface area contributed by atoms with Crippen LogP contribution in [0.15, 0.2) is 30.3 Å². The van der Waals surface area contributed by atoms with Gasteiger partial charge in [0.25, 0.3) is 5.91 Å². The number of rotatable bonds is 3. The molecule has 20 heavy (non-hydrogen) atoms. The van der Waals surface area contributed by atoms with Gasteiger partial charge in [0.2, 0.25) is 0 Å². The van der Waals surface area contributed by atoms with Crippen LogP contribution in [0.4, 0.5) is 0 Å². The summed E-state index contributed by atoms with van der Waals surface area (Å²) in [7, 11) is 0. The summed E-state index contributed by atoms with van der Waals surface area (Å²) < 4.78 is 0. The molecule has 1 aromatic rings. The molecule has 1 amide bonds. The molecule has 1 fully saturated rings. The molecule has 0 atom stereocenters. The second-order valence-corrected chi connectivity index (χ2v) is 5.52. The summed E-state index contributed by atoms with van der Waals surface area (Å²) in [5, 5.41) is 12.4. The number of carbonyl (C=O) groups excluding carboxylic acids is 1. The summed E-state index contributed by atoms with van der Waals surface area (Å²) in [5.41, 5.74) is 0.694. The van der Waals surface area contributed by atoms with Crippen molar-refractivity contribution >= 4 is 5.91 Å². The average Bonchev–Trinajstić information content (AvgIpc) is 2.53. The molecule has 0 radical (unpaired) electrons. The Bertz CT molecular complexity index is 493. The van der Waals surface area contributed by atoms with Gasteiger partial charge in [-0.1, -0.05) is 43.4 Å². The van der Waals surface area contributed by atoms with Crippen LogP contribution >= 0.6 is 0 Å². The lowest BCUT2D eigenvalue weighted by molar-refractivity contribution is -0.116. The highest BCUT2D eigenvalue weighted by Crippen LogP contribution is 2.35. The van der Waals surface area contributed by atoms with Crippen LogP contribution < -0.4 is 5.32 Å². The lowest BCUT2D eigenvalue weighted by Gasteiger charge is -2.35. The lowest BCUT2D eigenvalue weighted by atomic mass is 9.74. The highest BCUT2D eigenvalue weighted by Gasteiger charge is 2.31. The Morgan fingerprint density at radius 3 is 2.55 bits per heavy atom. The third-order valence-corrected chi connectivity index (χ3v) is 3.97. The van der Waals surface area contributed by atoms with Gasteiger partial charge in [-0.3, -0.25) is 4.79 Å². The standard InChI is InChI=1S/C17H21NO2/c19-14-17(11-5-2-6-12-17)13-18-16(20)10-9-15-7-3-1-4-8-15/h1,3-4,7-8,19H,2,5-6,11-14H2,(H,18,20). The van der Waals surface area contributed by atoms with Crippen LogP contribution in [0.25, 0.3) is 0 Å². The van der Waals surface area contributed by atoms with E-state index in [0.29, 0.717) is 6.54 Å². The lowest BCUT2D eigenvalue weighted by Crippen LogP contribution is -2.41. The van der Waals surface area contributed by atoms with Gasteiger partial charge in [0, 0.05) is 23.4 Å². The van der Waals surface area contributed by atoms with E-state index in [9.17, 15) is 9.90 Å². The van der Waals surface area contributed by atoms with Crippen LogP contribution in [0.5, 0.6) is 0 Å². The van der Waals surface area contributed by atoms with E-state index in [2.05, 4.69) is 17.2 Å². The van der Waals surface area contributed by atoms with Gasteiger partial charge in [-0.2, -0.15) is 0 Å². The number of benzene rings is 1. The number of amides is 1. The summed E-state index contributed by atoms with van der Waals surface area (Å²) in [6.45, 7) is 0.658.